The van der Waals surface area contributed by atoms with E-state index in [0.717, 1.165) is 12.0 Å². The van der Waals surface area contributed by atoms with Crippen LogP contribution in [-0.2, 0) is 16.1 Å². The van der Waals surface area contributed by atoms with E-state index < -0.39 is 11.8 Å². The van der Waals surface area contributed by atoms with Crippen LogP contribution >= 0.6 is 11.6 Å². The molecular formula is C16H21ClN2O2. The number of carbonyl (C=O) groups is 2. The molecule has 4 nitrogen and oxygen atoms in total. The van der Waals surface area contributed by atoms with Gasteiger partial charge in [0, 0.05) is 24.7 Å². The molecule has 2 unspecified atom stereocenters. The normalized spacial score (nSPS) is 22.0. The predicted octanol–water partition coefficient (Wildman–Crippen LogP) is 2.46. The van der Waals surface area contributed by atoms with Crippen LogP contribution in [0, 0.1) is 11.8 Å². The second kappa shape index (κ2) is 6.94. The summed E-state index contributed by atoms with van der Waals surface area (Å²) in [5.74, 6) is -0.0721. The number of carbonyl (C=O) groups excluding carboxylic acids is 2. The Labute approximate surface area is 130 Å². The summed E-state index contributed by atoms with van der Waals surface area (Å²) in [4.78, 5) is 25.8. The Morgan fingerprint density at radius 3 is 2.33 bits per heavy atom. The summed E-state index contributed by atoms with van der Waals surface area (Å²) in [5, 5.41) is 3.32. The molecule has 1 aromatic carbocycles. The van der Waals surface area contributed by atoms with Crippen LogP contribution in [0.1, 0.15) is 25.8 Å². The Bertz CT molecular complexity index is 506. The van der Waals surface area contributed by atoms with Gasteiger partial charge in [-0.1, -0.05) is 37.6 Å². The Morgan fingerprint density at radius 2 is 1.76 bits per heavy atom. The molecule has 0 radical (unpaired) electrons. The Balaban J connectivity index is 1.87. The summed E-state index contributed by atoms with van der Waals surface area (Å²) in [6, 6.07) is 7.19. The zero-order chi connectivity index (χ0) is 15.4. The lowest BCUT2D eigenvalue weighted by atomic mass is 9.92. The Kier molecular flexibility index (Phi) is 5.23. The summed E-state index contributed by atoms with van der Waals surface area (Å²) in [6.07, 6.45) is 1.11. The maximum Gasteiger partial charge on any atom is 0.311 e. The second-order valence-corrected chi connectivity index (χ2v) is 6.40. The molecule has 21 heavy (non-hydrogen) atoms. The van der Waals surface area contributed by atoms with Crippen molar-refractivity contribution in [2.45, 2.75) is 26.8 Å². The van der Waals surface area contributed by atoms with Gasteiger partial charge in [0.15, 0.2) is 0 Å². The average molecular weight is 309 g/mol. The molecule has 0 aliphatic carbocycles. The molecular weight excluding hydrogens is 288 g/mol. The highest BCUT2D eigenvalue weighted by atomic mass is 35.5. The molecule has 1 fully saturated rings. The van der Waals surface area contributed by atoms with E-state index in [9.17, 15) is 9.59 Å². The molecule has 1 heterocycles. The van der Waals surface area contributed by atoms with E-state index in [1.807, 2.05) is 12.1 Å². The minimum atomic E-state index is -0.536. The van der Waals surface area contributed by atoms with E-state index in [1.165, 1.54) is 0 Å². The van der Waals surface area contributed by atoms with Crippen LogP contribution in [0.4, 0.5) is 0 Å². The van der Waals surface area contributed by atoms with Gasteiger partial charge in [0.2, 0.25) is 0 Å². The number of piperidine rings is 1. The van der Waals surface area contributed by atoms with Crippen LogP contribution in [0.5, 0.6) is 0 Å². The first kappa shape index (κ1) is 15.8. The van der Waals surface area contributed by atoms with Gasteiger partial charge in [0.05, 0.1) is 0 Å². The van der Waals surface area contributed by atoms with Crippen LogP contribution in [0.3, 0.4) is 0 Å². The maximum atomic E-state index is 12.2. The molecule has 1 aliphatic heterocycles. The highest BCUT2D eigenvalue weighted by molar-refractivity contribution is 6.35. The SMILES string of the molecule is CC1CC(C)CN(C(=O)C(=O)NCc2ccc(Cl)cc2)C1. The third-order valence-corrected chi connectivity index (χ3v) is 3.97. The molecule has 1 N–H and O–H groups in total. The first-order chi connectivity index (χ1) is 9.95. The van der Waals surface area contributed by atoms with Crippen molar-refractivity contribution in [1.29, 1.82) is 0 Å². The van der Waals surface area contributed by atoms with E-state index in [1.54, 1.807) is 17.0 Å². The molecule has 0 spiro atoms. The number of hydrogen-bond donors (Lipinski definition) is 1. The van der Waals surface area contributed by atoms with Crippen molar-refractivity contribution in [3.63, 3.8) is 0 Å². The standard InChI is InChI=1S/C16H21ClN2O2/c1-11-7-12(2)10-19(9-11)16(21)15(20)18-8-13-3-5-14(17)6-4-13/h3-6,11-12H,7-10H2,1-2H3,(H,18,20). The van der Waals surface area contributed by atoms with Gasteiger partial charge in [-0.2, -0.15) is 0 Å². The van der Waals surface area contributed by atoms with Crippen LogP contribution in [0.2, 0.25) is 5.02 Å². The van der Waals surface area contributed by atoms with Crippen molar-refractivity contribution in [2.75, 3.05) is 13.1 Å². The van der Waals surface area contributed by atoms with Gasteiger partial charge in [0.1, 0.15) is 0 Å². The molecule has 114 valence electrons. The fourth-order valence-corrected chi connectivity index (χ4v) is 2.96. The van der Waals surface area contributed by atoms with Crippen molar-refractivity contribution in [2.24, 2.45) is 11.8 Å². The third kappa shape index (κ3) is 4.46. The molecule has 1 saturated heterocycles. The zero-order valence-corrected chi connectivity index (χ0v) is 13.2. The van der Waals surface area contributed by atoms with Crippen molar-refractivity contribution < 1.29 is 9.59 Å². The van der Waals surface area contributed by atoms with E-state index in [-0.39, 0.29) is 0 Å². The maximum absolute atomic E-state index is 12.2. The van der Waals surface area contributed by atoms with Crippen molar-refractivity contribution >= 4 is 23.4 Å². The Hall–Kier alpha value is -1.55. The number of halogens is 1. The number of nitrogens with zero attached hydrogens (tertiary/aromatic N) is 1. The minimum absolute atomic E-state index is 0.334. The average Bonchev–Trinajstić information content (AvgIpc) is 2.44. The van der Waals surface area contributed by atoms with Crippen molar-refractivity contribution in [1.82, 2.24) is 10.2 Å². The van der Waals surface area contributed by atoms with Gasteiger partial charge in [-0.3, -0.25) is 9.59 Å². The fourth-order valence-electron chi connectivity index (χ4n) is 2.83. The summed E-state index contributed by atoms with van der Waals surface area (Å²) < 4.78 is 0. The Morgan fingerprint density at radius 1 is 1.19 bits per heavy atom. The molecule has 0 bridgehead atoms. The molecule has 1 aliphatic rings. The van der Waals surface area contributed by atoms with Gasteiger partial charge in [-0.25, -0.2) is 0 Å². The number of rotatable bonds is 2. The first-order valence-electron chi connectivity index (χ1n) is 7.27. The molecule has 0 aromatic heterocycles. The molecule has 5 heteroatoms. The van der Waals surface area contributed by atoms with Gasteiger partial charge in [-0.15, -0.1) is 0 Å². The summed E-state index contributed by atoms with van der Waals surface area (Å²) in [6.45, 7) is 5.89. The van der Waals surface area contributed by atoms with Gasteiger partial charge in [0.25, 0.3) is 0 Å². The molecule has 0 saturated carbocycles. The van der Waals surface area contributed by atoms with Crippen molar-refractivity contribution in [3.8, 4) is 0 Å². The third-order valence-electron chi connectivity index (χ3n) is 3.72. The lowest BCUT2D eigenvalue weighted by Crippen LogP contribution is -2.48. The zero-order valence-electron chi connectivity index (χ0n) is 12.4. The van der Waals surface area contributed by atoms with Crippen molar-refractivity contribution in [3.05, 3.63) is 34.9 Å². The van der Waals surface area contributed by atoms with E-state index in [4.69, 9.17) is 11.6 Å². The van der Waals surface area contributed by atoms with E-state index >= 15 is 0 Å². The van der Waals surface area contributed by atoms with Crippen LogP contribution in [0.25, 0.3) is 0 Å². The quantitative estimate of drug-likeness (QED) is 0.853. The number of nitrogens with one attached hydrogen (secondary N) is 1. The smallest absolute Gasteiger partial charge is 0.311 e. The highest BCUT2D eigenvalue weighted by Crippen LogP contribution is 2.20. The largest absolute Gasteiger partial charge is 0.344 e. The lowest BCUT2D eigenvalue weighted by Gasteiger charge is -2.34. The number of benzene rings is 1. The van der Waals surface area contributed by atoms with Gasteiger partial charge in [-0.05, 0) is 36.0 Å². The number of amides is 2. The van der Waals surface area contributed by atoms with E-state index in [0.29, 0.717) is 36.5 Å². The van der Waals surface area contributed by atoms with Gasteiger partial charge >= 0.3 is 11.8 Å². The molecule has 2 amide bonds. The van der Waals surface area contributed by atoms with Gasteiger partial charge < -0.3 is 10.2 Å². The van der Waals surface area contributed by atoms with Crippen LogP contribution in [0.15, 0.2) is 24.3 Å². The highest BCUT2D eigenvalue weighted by Gasteiger charge is 2.28. The summed E-state index contributed by atoms with van der Waals surface area (Å²) in [5.41, 5.74) is 0.918. The number of hydrogen-bond acceptors (Lipinski definition) is 2. The summed E-state index contributed by atoms with van der Waals surface area (Å²) >= 11 is 5.81. The van der Waals surface area contributed by atoms with Crippen LogP contribution in [-0.4, -0.2) is 29.8 Å². The first-order valence-corrected chi connectivity index (χ1v) is 7.65. The molecule has 2 atom stereocenters. The predicted molar refractivity (Wildman–Crippen MR) is 82.8 cm³/mol. The topological polar surface area (TPSA) is 49.4 Å². The lowest BCUT2D eigenvalue weighted by molar-refractivity contribution is -0.147. The second-order valence-electron chi connectivity index (χ2n) is 5.97. The van der Waals surface area contributed by atoms with Crippen LogP contribution < -0.4 is 5.32 Å². The monoisotopic (exact) mass is 308 g/mol. The minimum Gasteiger partial charge on any atom is -0.344 e. The number of likely N-dealkylation sites (tertiary alicyclic amines) is 1. The van der Waals surface area contributed by atoms with E-state index in [2.05, 4.69) is 19.2 Å². The molecule has 1 aromatic rings. The summed E-state index contributed by atoms with van der Waals surface area (Å²) in [7, 11) is 0. The molecule has 2 rings (SSSR count). The fraction of sp³-hybridized carbons (Fsp3) is 0.500.